The number of benzene rings is 2. The number of amides is 1. The Morgan fingerprint density at radius 2 is 2.00 bits per heavy atom. The second-order valence-corrected chi connectivity index (χ2v) is 7.43. The average Bonchev–Trinajstić information content (AvgIpc) is 3.21. The van der Waals surface area contributed by atoms with E-state index in [0.29, 0.717) is 35.2 Å². The van der Waals surface area contributed by atoms with Crippen molar-refractivity contribution in [3.05, 3.63) is 35.9 Å². The number of carbonyl (C=O) groups is 1. The third-order valence-electron chi connectivity index (χ3n) is 4.55. The van der Waals surface area contributed by atoms with E-state index in [2.05, 4.69) is 20.6 Å². The highest BCUT2D eigenvalue weighted by atomic mass is 32.1. The van der Waals surface area contributed by atoms with Crippen molar-refractivity contribution in [3.8, 4) is 11.5 Å². The topological polar surface area (TPSA) is 91.2 Å². The van der Waals surface area contributed by atoms with Crippen molar-refractivity contribution in [1.29, 1.82) is 0 Å². The largest absolute Gasteiger partial charge is 0.490 e. The zero-order valence-corrected chi connectivity index (χ0v) is 16.0. The highest BCUT2D eigenvalue weighted by Crippen LogP contribution is 2.37. The van der Waals surface area contributed by atoms with Gasteiger partial charge in [0.1, 0.15) is 5.52 Å². The summed E-state index contributed by atoms with van der Waals surface area (Å²) in [6, 6.07) is 9.14. The number of ether oxygens (including phenoxy) is 2. The number of thiazole rings is 1. The lowest BCUT2D eigenvalue weighted by molar-refractivity contribution is 0.102. The maximum absolute atomic E-state index is 12.7. The van der Waals surface area contributed by atoms with E-state index in [9.17, 15) is 4.79 Å². The Morgan fingerprint density at radius 3 is 2.82 bits per heavy atom. The van der Waals surface area contributed by atoms with Crippen molar-refractivity contribution in [2.75, 3.05) is 18.5 Å². The number of fused-ring (bicyclic) bond motifs is 3. The summed E-state index contributed by atoms with van der Waals surface area (Å²) in [5, 5.41) is 11.6. The number of nitrogens with zero attached hydrogens (tertiary/aromatic N) is 4. The first-order valence-corrected chi connectivity index (χ1v) is 9.87. The Labute approximate surface area is 164 Å². The summed E-state index contributed by atoms with van der Waals surface area (Å²) in [6.45, 7) is 3.98. The Morgan fingerprint density at radius 1 is 1.18 bits per heavy atom. The first-order valence-electron chi connectivity index (χ1n) is 9.06. The fraction of sp³-hybridized carbons (Fsp3) is 0.263. The minimum Gasteiger partial charge on any atom is -0.490 e. The summed E-state index contributed by atoms with van der Waals surface area (Å²) in [4.78, 5) is 17.2. The van der Waals surface area contributed by atoms with Crippen LogP contribution in [0.1, 0.15) is 23.7 Å². The number of carbonyl (C=O) groups excluding carboxylic acids is 1. The van der Waals surface area contributed by atoms with Crippen LogP contribution in [0.15, 0.2) is 30.3 Å². The van der Waals surface area contributed by atoms with Crippen LogP contribution in [-0.2, 0) is 6.54 Å². The Balaban J connectivity index is 1.42. The summed E-state index contributed by atoms with van der Waals surface area (Å²) in [5.41, 5.74) is 2.88. The van der Waals surface area contributed by atoms with E-state index < -0.39 is 0 Å². The van der Waals surface area contributed by atoms with E-state index >= 15 is 0 Å². The summed E-state index contributed by atoms with van der Waals surface area (Å²) in [7, 11) is 0. The van der Waals surface area contributed by atoms with Crippen LogP contribution in [0.5, 0.6) is 11.5 Å². The summed E-state index contributed by atoms with van der Waals surface area (Å²) in [5.74, 6) is 1.18. The molecule has 0 bridgehead atoms. The van der Waals surface area contributed by atoms with Crippen LogP contribution in [0, 0.1) is 0 Å². The van der Waals surface area contributed by atoms with Crippen LogP contribution in [0.3, 0.4) is 0 Å². The molecule has 4 aromatic rings. The molecular weight excluding hydrogens is 378 g/mol. The third-order valence-corrected chi connectivity index (χ3v) is 5.49. The van der Waals surface area contributed by atoms with Crippen molar-refractivity contribution in [3.63, 3.8) is 0 Å². The zero-order chi connectivity index (χ0) is 19.1. The summed E-state index contributed by atoms with van der Waals surface area (Å²) >= 11 is 1.40. The lowest BCUT2D eigenvalue weighted by Gasteiger charge is -2.05. The van der Waals surface area contributed by atoms with Crippen molar-refractivity contribution in [1.82, 2.24) is 20.0 Å². The molecule has 9 heteroatoms. The molecule has 1 aliphatic rings. The average molecular weight is 395 g/mol. The van der Waals surface area contributed by atoms with Crippen molar-refractivity contribution in [2.24, 2.45) is 0 Å². The number of aryl methyl sites for hydroxylation is 1. The predicted octanol–water partition coefficient (Wildman–Crippen LogP) is 3.47. The number of aromatic nitrogens is 4. The van der Waals surface area contributed by atoms with Crippen LogP contribution in [0.2, 0.25) is 0 Å². The predicted molar refractivity (Wildman–Crippen MR) is 106 cm³/mol. The van der Waals surface area contributed by atoms with Gasteiger partial charge in [0.05, 0.1) is 28.9 Å². The number of hydrogen-bond donors (Lipinski definition) is 1. The highest BCUT2D eigenvalue weighted by molar-refractivity contribution is 7.22. The fourth-order valence-electron chi connectivity index (χ4n) is 3.15. The minimum atomic E-state index is -0.235. The van der Waals surface area contributed by atoms with Crippen molar-refractivity contribution >= 4 is 43.6 Å². The van der Waals surface area contributed by atoms with Gasteiger partial charge in [0.25, 0.3) is 5.91 Å². The fourth-order valence-corrected chi connectivity index (χ4v) is 4.03. The number of hydrogen-bond acceptors (Lipinski definition) is 7. The lowest BCUT2D eigenvalue weighted by atomic mass is 10.2. The molecule has 5 rings (SSSR count). The Hall–Kier alpha value is -3.20. The molecule has 0 saturated carbocycles. The summed E-state index contributed by atoms with van der Waals surface area (Å²) < 4.78 is 14.1. The number of rotatable bonds is 3. The molecule has 0 spiro atoms. The van der Waals surface area contributed by atoms with Gasteiger partial charge < -0.3 is 9.47 Å². The molecule has 1 amide bonds. The molecule has 8 nitrogen and oxygen atoms in total. The normalized spacial score (nSPS) is 13.6. The SMILES string of the molecule is CCn1nnc2cc(C(=O)Nc3nc4cc5c(cc4s3)OCCCO5)ccc21. The molecule has 28 heavy (non-hydrogen) atoms. The second-order valence-electron chi connectivity index (χ2n) is 6.40. The first kappa shape index (κ1) is 16.9. The molecule has 0 saturated heterocycles. The van der Waals surface area contributed by atoms with Gasteiger partial charge in [0.2, 0.25) is 0 Å². The molecule has 2 aromatic heterocycles. The third kappa shape index (κ3) is 2.93. The highest BCUT2D eigenvalue weighted by Gasteiger charge is 2.16. The van der Waals surface area contributed by atoms with Crippen LogP contribution >= 0.6 is 11.3 Å². The Bertz CT molecular complexity index is 1160. The van der Waals surface area contributed by atoms with E-state index in [1.54, 1.807) is 16.8 Å². The van der Waals surface area contributed by atoms with Crippen LogP contribution in [-0.4, -0.2) is 39.1 Å². The van der Waals surface area contributed by atoms with Gasteiger partial charge in [-0.25, -0.2) is 9.67 Å². The van der Waals surface area contributed by atoms with E-state index in [4.69, 9.17) is 9.47 Å². The molecule has 1 N–H and O–H groups in total. The summed E-state index contributed by atoms with van der Waals surface area (Å²) in [6.07, 6.45) is 0.855. The first-order chi connectivity index (χ1) is 13.7. The molecule has 3 heterocycles. The van der Waals surface area contributed by atoms with Crippen molar-refractivity contribution < 1.29 is 14.3 Å². The maximum Gasteiger partial charge on any atom is 0.257 e. The monoisotopic (exact) mass is 395 g/mol. The molecule has 142 valence electrons. The number of anilines is 1. The van der Waals surface area contributed by atoms with Gasteiger partial charge in [-0.1, -0.05) is 16.6 Å². The van der Waals surface area contributed by atoms with Gasteiger partial charge in [-0.05, 0) is 25.1 Å². The van der Waals surface area contributed by atoms with Crippen molar-refractivity contribution in [2.45, 2.75) is 19.9 Å². The second kappa shape index (κ2) is 6.75. The van der Waals surface area contributed by atoms with Crippen LogP contribution in [0.25, 0.3) is 21.3 Å². The van der Waals surface area contributed by atoms with Gasteiger partial charge in [-0.3, -0.25) is 10.1 Å². The van der Waals surface area contributed by atoms with E-state index in [0.717, 1.165) is 34.4 Å². The van der Waals surface area contributed by atoms with Gasteiger partial charge in [-0.15, -0.1) is 5.10 Å². The minimum absolute atomic E-state index is 0.235. The molecule has 2 aromatic carbocycles. The quantitative estimate of drug-likeness (QED) is 0.571. The molecular formula is C19H17N5O3S. The molecule has 0 aliphatic carbocycles. The standard InChI is InChI=1S/C19H17N5O3S/c1-2-24-14-5-4-11(8-12(14)22-23-24)18(25)21-19-20-13-9-15-16(10-17(13)28-19)27-7-3-6-26-15/h4-5,8-10H,2-3,6-7H2,1H3,(H,20,21,25). The van der Waals surface area contributed by atoms with E-state index in [1.165, 1.54) is 11.3 Å². The zero-order valence-electron chi connectivity index (χ0n) is 15.1. The van der Waals surface area contributed by atoms with Gasteiger partial charge in [-0.2, -0.15) is 0 Å². The molecule has 0 unspecified atom stereocenters. The van der Waals surface area contributed by atoms with Gasteiger partial charge in [0, 0.05) is 30.7 Å². The molecule has 0 fully saturated rings. The Kier molecular flexibility index (Phi) is 4.09. The van der Waals surface area contributed by atoms with Gasteiger partial charge in [0.15, 0.2) is 16.6 Å². The van der Waals surface area contributed by atoms with Crippen LogP contribution < -0.4 is 14.8 Å². The smallest absolute Gasteiger partial charge is 0.257 e. The molecule has 0 atom stereocenters. The number of nitrogens with one attached hydrogen (secondary N) is 1. The van der Waals surface area contributed by atoms with Crippen LogP contribution in [0.4, 0.5) is 5.13 Å². The van der Waals surface area contributed by atoms with E-state index in [1.807, 2.05) is 25.1 Å². The van der Waals surface area contributed by atoms with Gasteiger partial charge >= 0.3 is 0 Å². The lowest BCUT2D eigenvalue weighted by Crippen LogP contribution is -2.11. The maximum atomic E-state index is 12.7. The molecule has 0 radical (unpaired) electrons. The molecule has 1 aliphatic heterocycles. The van der Waals surface area contributed by atoms with E-state index in [-0.39, 0.29) is 5.91 Å².